The van der Waals surface area contributed by atoms with Crippen LogP contribution in [0.2, 0.25) is 0 Å². The average molecular weight is 328 g/mol. The van der Waals surface area contributed by atoms with E-state index in [-0.39, 0.29) is 6.09 Å². The van der Waals surface area contributed by atoms with Crippen LogP contribution >= 0.6 is 0 Å². The molecule has 1 aliphatic rings. The van der Waals surface area contributed by atoms with Crippen LogP contribution in [-0.2, 0) is 9.47 Å². The zero-order valence-corrected chi connectivity index (χ0v) is 15.9. The predicted octanol–water partition coefficient (Wildman–Crippen LogP) is 3.43. The SMILES string of the molecule is CCOCC(NC1CCCN(C(=O)OC(C)(C)C)CC1)C(C)C. The third-order valence-electron chi connectivity index (χ3n) is 4.14. The van der Waals surface area contributed by atoms with Crippen molar-refractivity contribution < 1.29 is 14.3 Å². The summed E-state index contributed by atoms with van der Waals surface area (Å²) in [5, 5.41) is 3.73. The van der Waals surface area contributed by atoms with Gasteiger partial charge in [-0.05, 0) is 52.9 Å². The zero-order chi connectivity index (χ0) is 17.5. The van der Waals surface area contributed by atoms with Gasteiger partial charge < -0.3 is 19.7 Å². The van der Waals surface area contributed by atoms with Gasteiger partial charge in [-0.1, -0.05) is 13.8 Å². The van der Waals surface area contributed by atoms with E-state index in [2.05, 4.69) is 19.2 Å². The van der Waals surface area contributed by atoms with E-state index in [1.165, 1.54) is 0 Å². The van der Waals surface area contributed by atoms with Gasteiger partial charge in [0.05, 0.1) is 6.61 Å². The molecule has 1 amide bonds. The molecule has 136 valence electrons. The van der Waals surface area contributed by atoms with E-state index >= 15 is 0 Å². The monoisotopic (exact) mass is 328 g/mol. The summed E-state index contributed by atoms with van der Waals surface area (Å²) in [6, 6.07) is 0.809. The van der Waals surface area contributed by atoms with Crippen molar-refractivity contribution >= 4 is 6.09 Å². The van der Waals surface area contributed by atoms with Crippen LogP contribution in [0.4, 0.5) is 4.79 Å². The molecule has 1 saturated heterocycles. The summed E-state index contributed by atoms with van der Waals surface area (Å²) in [7, 11) is 0. The summed E-state index contributed by atoms with van der Waals surface area (Å²) in [4.78, 5) is 14.1. The van der Waals surface area contributed by atoms with Gasteiger partial charge in [0.1, 0.15) is 5.60 Å². The van der Waals surface area contributed by atoms with Crippen LogP contribution < -0.4 is 5.32 Å². The number of amides is 1. The summed E-state index contributed by atoms with van der Waals surface area (Å²) in [5.41, 5.74) is -0.429. The van der Waals surface area contributed by atoms with Crippen LogP contribution in [0.5, 0.6) is 0 Å². The highest BCUT2D eigenvalue weighted by molar-refractivity contribution is 5.68. The molecule has 2 unspecified atom stereocenters. The van der Waals surface area contributed by atoms with Crippen LogP contribution in [0.15, 0.2) is 0 Å². The molecule has 1 heterocycles. The Labute approximate surface area is 142 Å². The number of hydrogen-bond acceptors (Lipinski definition) is 4. The molecule has 23 heavy (non-hydrogen) atoms. The van der Waals surface area contributed by atoms with Crippen LogP contribution in [0, 0.1) is 5.92 Å². The van der Waals surface area contributed by atoms with Crippen LogP contribution in [0.1, 0.15) is 60.8 Å². The number of ether oxygens (including phenoxy) is 2. The average Bonchev–Trinajstić information content (AvgIpc) is 2.66. The molecular formula is C18H36N2O3. The second kappa shape index (κ2) is 9.48. The summed E-state index contributed by atoms with van der Waals surface area (Å²) < 4.78 is 11.1. The molecule has 1 N–H and O–H groups in total. The van der Waals surface area contributed by atoms with E-state index < -0.39 is 5.60 Å². The Morgan fingerprint density at radius 3 is 2.52 bits per heavy atom. The Balaban J connectivity index is 2.49. The second-order valence-corrected chi connectivity index (χ2v) is 7.77. The quantitative estimate of drug-likeness (QED) is 0.811. The second-order valence-electron chi connectivity index (χ2n) is 7.77. The first kappa shape index (κ1) is 20.2. The molecule has 0 aromatic carbocycles. The summed E-state index contributed by atoms with van der Waals surface area (Å²) in [6.45, 7) is 15.2. The molecule has 5 nitrogen and oxygen atoms in total. The zero-order valence-electron chi connectivity index (χ0n) is 15.9. The Morgan fingerprint density at radius 2 is 1.96 bits per heavy atom. The number of carbonyl (C=O) groups is 1. The molecule has 0 radical (unpaired) electrons. The van der Waals surface area contributed by atoms with Gasteiger partial charge in [0.15, 0.2) is 0 Å². The highest BCUT2D eigenvalue weighted by Gasteiger charge is 2.26. The maximum atomic E-state index is 12.2. The fourth-order valence-electron chi connectivity index (χ4n) is 2.75. The van der Waals surface area contributed by atoms with Crippen molar-refractivity contribution in [2.45, 2.75) is 78.5 Å². The van der Waals surface area contributed by atoms with E-state index in [4.69, 9.17) is 9.47 Å². The number of carbonyl (C=O) groups excluding carboxylic acids is 1. The Bertz CT molecular complexity index is 353. The molecule has 1 rings (SSSR count). The standard InChI is InChI=1S/C18H36N2O3/c1-7-22-13-16(14(2)3)19-15-9-8-11-20(12-10-15)17(21)23-18(4,5)6/h14-16,19H,7-13H2,1-6H3. The molecule has 5 heteroatoms. The van der Waals surface area contributed by atoms with E-state index in [0.717, 1.165) is 45.6 Å². The van der Waals surface area contributed by atoms with Gasteiger partial charge in [0, 0.05) is 31.8 Å². The number of hydrogen-bond donors (Lipinski definition) is 1. The van der Waals surface area contributed by atoms with E-state index in [9.17, 15) is 4.79 Å². The normalized spacial score (nSPS) is 21.2. The number of nitrogens with one attached hydrogen (secondary N) is 1. The maximum Gasteiger partial charge on any atom is 0.410 e. The van der Waals surface area contributed by atoms with Gasteiger partial charge in [-0.25, -0.2) is 4.79 Å². The smallest absolute Gasteiger partial charge is 0.410 e. The lowest BCUT2D eigenvalue weighted by Crippen LogP contribution is -2.45. The largest absolute Gasteiger partial charge is 0.444 e. The lowest BCUT2D eigenvalue weighted by molar-refractivity contribution is 0.0255. The molecule has 0 saturated carbocycles. The van der Waals surface area contributed by atoms with Crippen molar-refractivity contribution in [3.8, 4) is 0 Å². The van der Waals surface area contributed by atoms with Crippen LogP contribution in [0.3, 0.4) is 0 Å². The lowest BCUT2D eigenvalue weighted by Gasteiger charge is -2.28. The van der Waals surface area contributed by atoms with Crippen molar-refractivity contribution in [3.05, 3.63) is 0 Å². The molecule has 2 atom stereocenters. The third kappa shape index (κ3) is 8.02. The highest BCUT2D eigenvalue weighted by Crippen LogP contribution is 2.17. The molecule has 1 fully saturated rings. The summed E-state index contributed by atoms with van der Waals surface area (Å²) in [6.07, 6.45) is 2.88. The van der Waals surface area contributed by atoms with Crippen molar-refractivity contribution in [1.82, 2.24) is 10.2 Å². The van der Waals surface area contributed by atoms with Gasteiger partial charge in [0.2, 0.25) is 0 Å². The number of likely N-dealkylation sites (tertiary alicyclic amines) is 1. The van der Waals surface area contributed by atoms with Gasteiger partial charge in [-0.3, -0.25) is 0 Å². The van der Waals surface area contributed by atoms with E-state index in [1.54, 1.807) is 0 Å². The molecular weight excluding hydrogens is 292 g/mol. The Kier molecular flexibility index (Phi) is 8.34. The topological polar surface area (TPSA) is 50.8 Å². The number of nitrogens with zero attached hydrogens (tertiary/aromatic N) is 1. The van der Waals surface area contributed by atoms with Crippen molar-refractivity contribution in [1.29, 1.82) is 0 Å². The van der Waals surface area contributed by atoms with Crippen molar-refractivity contribution in [2.24, 2.45) is 5.92 Å². The summed E-state index contributed by atoms with van der Waals surface area (Å²) >= 11 is 0. The molecule has 0 aromatic heterocycles. The van der Waals surface area contributed by atoms with Crippen molar-refractivity contribution in [2.75, 3.05) is 26.3 Å². The summed E-state index contributed by atoms with van der Waals surface area (Å²) in [5.74, 6) is 0.534. The Morgan fingerprint density at radius 1 is 1.26 bits per heavy atom. The fraction of sp³-hybridized carbons (Fsp3) is 0.944. The number of rotatable bonds is 6. The minimum absolute atomic E-state index is 0.187. The first-order valence-electron chi connectivity index (χ1n) is 9.04. The van der Waals surface area contributed by atoms with Crippen LogP contribution in [0.25, 0.3) is 0 Å². The highest BCUT2D eigenvalue weighted by atomic mass is 16.6. The first-order chi connectivity index (χ1) is 10.7. The fourth-order valence-corrected chi connectivity index (χ4v) is 2.75. The van der Waals surface area contributed by atoms with Gasteiger partial charge >= 0.3 is 6.09 Å². The van der Waals surface area contributed by atoms with Crippen molar-refractivity contribution in [3.63, 3.8) is 0 Å². The van der Waals surface area contributed by atoms with Gasteiger partial charge in [0.25, 0.3) is 0 Å². The first-order valence-corrected chi connectivity index (χ1v) is 9.04. The maximum absolute atomic E-state index is 12.2. The van der Waals surface area contributed by atoms with Crippen LogP contribution in [-0.4, -0.2) is 55.0 Å². The van der Waals surface area contributed by atoms with Gasteiger partial charge in [-0.2, -0.15) is 0 Å². The minimum atomic E-state index is -0.429. The predicted molar refractivity (Wildman–Crippen MR) is 93.7 cm³/mol. The minimum Gasteiger partial charge on any atom is -0.444 e. The molecule has 0 bridgehead atoms. The molecule has 0 spiro atoms. The van der Waals surface area contributed by atoms with E-state index in [0.29, 0.717) is 18.0 Å². The lowest BCUT2D eigenvalue weighted by atomic mass is 10.0. The van der Waals surface area contributed by atoms with Gasteiger partial charge in [-0.15, -0.1) is 0 Å². The van der Waals surface area contributed by atoms with E-state index in [1.807, 2.05) is 32.6 Å². The third-order valence-corrected chi connectivity index (χ3v) is 4.14. The molecule has 0 aromatic rings. The molecule has 1 aliphatic heterocycles. The Hall–Kier alpha value is -0.810. The molecule has 0 aliphatic carbocycles.